The molecule has 0 bridgehead atoms. The number of ketones is 1. The lowest BCUT2D eigenvalue weighted by molar-refractivity contribution is 0.0993. The maximum absolute atomic E-state index is 13.6. The maximum Gasteiger partial charge on any atom is 0.169 e. The van der Waals surface area contributed by atoms with E-state index in [1.54, 1.807) is 42.6 Å². The van der Waals surface area contributed by atoms with Gasteiger partial charge in [0.2, 0.25) is 0 Å². The van der Waals surface area contributed by atoms with Crippen molar-refractivity contribution in [2.24, 2.45) is 0 Å². The average Bonchev–Trinajstić information content (AvgIpc) is 2.92. The minimum atomic E-state index is -0.377. The van der Waals surface area contributed by atoms with Gasteiger partial charge in [0, 0.05) is 29.1 Å². The highest BCUT2D eigenvalue weighted by Crippen LogP contribution is 2.21. The van der Waals surface area contributed by atoms with Gasteiger partial charge in [-0.05, 0) is 23.8 Å². The molecule has 102 valence electrons. The predicted octanol–water partition coefficient (Wildman–Crippen LogP) is 3.60. The van der Waals surface area contributed by atoms with Crippen molar-refractivity contribution in [3.63, 3.8) is 0 Å². The zero-order valence-electron chi connectivity index (χ0n) is 11.1. The number of aromatic amines is 1. The van der Waals surface area contributed by atoms with Gasteiger partial charge in [0.15, 0.2) is 5.78 Å². The van der Waals surface area contributed by atoms with Gasteiger partial charge in [0.1, 0.15) is 5.82 Å². The Hall–Kier alpha value is -2.93. The highest BCUT2D eigenvalue weighted by molar-refractivity contribution is 6.08. The van der Waals surface area contributed by atoms with Crippen LogP contribution in [0.3, 0.4) is 0 Å². The summed E-state index contributed by atoms with van der Waals surface area (Å²) in [5, 5.41) is 9.61. The largest absolute Gasteiger partial charge is 0.360 e. The summed E-state index contributed by atoms with van der Waals surface area (Å²) in [6.07, 6.45) is 1.62. The third kappa shape index (κ3) is 2.41. The molecule has 2 aromatic carbocycles. The fraction of sp³-hybridized carbons (Fsp3) is 0.0588. The van der Waals surface area contributed by atoms with E-state index in [9.17, 15) is 9.18 Å². The van der Waals surface area contributed by atoms with Gasteiger partial charge in [-0.15, -0.1) is 0 Å². The Morgan fingerprint density at radius 1 is 1.24 bits per heavy atom. The maximum atomic E-state index is 13.6. The van der Waals surface area contributed by atoms with E-state index < -0.39 is 0 Å². The molecule has 1 aromatic heterocycles. The molecule has 0 radical (unpaired) electrons. The lowest BCUT2D eigenvalue weighted by Crippen LogP contribution is -2.04. The minimum Gasteiger partial charge on any atom is -0.360 e. The molecule has 0 aliphatic rings. The number of benzene rings is 2. The van der Waals surface area contributed by atoms with E-state index in [0.29, 0.717) is 16.7 Å². The normalized spacial score (nSPS) is 10.5. The van der Waals surface area contributed by atoms with Gasteiger partial charge in [-0.2, -0.15) is 5.26 Å². The molecule has 4 heteroatoms. The van der Waals surface area contributed by atoms with Crippen LogP contribution in [-0.2, 0) is 6.42 Å². The first-order valence-corrected chi connectivity index (χ1v) is 6.47. The van der Waals surface area contributed by atoms with Crippen LogP contribution in [0, 0.1) is 17.1 Å². The summed E-state index contributed by atoms with van der Waals surface area (Å²) >= 11 is 0. The van der Waals surface area contributed by atoms with Crippen molar-refractivity contribution in [2.45, 2.75) is 6.42 Å². The highest BCUT2D eigenvalue weighted by Gasteiger charge is 2.14. The van der Waals surface area contributed by atoms with Crippen molar-refractivity contribution in [1.29, 1.82) is 5.26 Å². The van der Waals surface area contributed by atoms with E-state index in [1.165, 1.54) is 6.07 Å². The lowest BCUT2D eigenvalue weighted by Gasteiger charge is -2.02. The number of nitrogens with one attached hydrogen (secondary N) is 1. The molecule has 1 N–H and O–H groups in total. The number of carbonyl (C=O) groups is 1. The van der Waals surface area contributed by atoms with Gasteiger partial charge in [0.25, 0.3) is 0 Å². The molecule has 1 heterocycles. The second-order valence-corrected chi connectivity index (χ2v) is 4.77. The first-order chi connectivity index (χ1) is 10.2. The van der Waals surface area contributed by atoms with Gasteiger partial charge in [-0.3, -0.25) is 4.79 Å². The predicted molar refractivity (Wildman–Crippen MR) is 77.4 cm³/mol. The Kier molecular flexibility index (Phi) is 3.25. The van der Waals surface area contributed by atoms with Gasteiger partial charge >= 0.3 is 0 Å². The molecule has 0 saturated heterocycles. The zero-order chi connectivity index (χ0) is 14.8. The molecule has 0 aliphatic heterocycles. The molecule has 21 heavy (non-hydrogen) atoms. The number of Topliss-reactive ketones (excluding diaryl/α,β-unsaturated/α-hetero) is 1. The van der Waals surface area contributed by atoms with Crippen LogP contribution in [0.15, 0.2) is 48.7 Å². The number of fused-ring (bicyclic) bond motifs is 1. The van der Waals surface area contributed by atoms with E-state index in [1.807, 2.05) is 0 Å². The molecule has 0 fully saturated rings. The third-order valence-electron chi connectivity index (χ3n) is 3.42. The van der Waals surface area contributed by atoms with Gasteiger partial charge < -0.3 is 4.98 Å². The van der Waals surface area contributed by atoms with Crippen molar-refractivity contribution < 1.29 is 9.18 Å². The Morgan fingerprint density at radius 2 is 2.05 bits per heavy atom. The van der Waals surface area contributed by atoms with Crippen LogP contribution in [0.25, 0.3) is 10.9 Å². The number of carbonyl (C=O) groups excluding carboxylic acids is 1. The van der Waals surface area contributed by atoms with Crippen LogP contribution in [0.2, 0.25) is 0 Å². The number of H-pyrrole nitrogens is 1. The van der Waals surface area contributed by atoms with Gasteiger partial charge in [0.05, 0.1) is 11.6 Å². The van der Waals surface area contributed by atoms with Crippen molar-refractivity contribution in [3.05, 3.63) is 71.2 Å². The summed E-state index contributed by atoms with van der Waals surface area (Å²) in [4.78, 5) is 15.3. The number of hydrogen-bond donors (Lipinski definition) is 1. The molecule has 0 spiro atoms. The third-order valence-corrected chi connectivity index (χ3v) is 3.42. The first kappa shape index (κ1) is 13.1. The van der Waals surface area contributed by atoms with Crippen LogP contribution in [0.1, 0.15) is 21.5 Å². The molecule has 0 unspecified atom stereocenters. The van der Waals surface area contributed by atoms with Crippen molar-refractivity contribution >= 4 is 16.7 Å². The number of rotatable bonds is 3. The molecule has 3 rings (SSSR count). The zero-order valence-corrected chi connectivity index (χ0v) is 11.1. The van der Waals surface area contributed by atoms with Crippen LogP contribution in [0.4, 0.5) is 4.39 Å². The fourth-order valence-corrected chi connectivity index (χ4v) is 2.34. The van der Waals surface area contributed by atoms with Crippen LogP contribution >= 0.6 is 0 Å². The van der Waals surface area contributed by atoms with Crippen LogP contribution < -0.4 is 0 Å². The minimum absolute atomic E-state index is 0.0135. The van der Waals surface area contributed by atoms with E-state index in [-0.39, 0.29) is 18.0 Å². The highest BCUT2D eigenvalue weighted by atomic mass is 19.1. The Labute approximate surface area is 120 Å². The quantitative estimate of drug-likeness (QED) is 0.744. The van der Waals surface area contributed by atoms with E-state index in [0.717, 1.165) is 10.9 Å². The molecule has 0 amide bonds. The summed E-state index contributed by atoms with van der Waals surface area (Å²) < 4.78 is 13.6. The second kappa shape index (κ2) is 5.22. The fourth-order valence-electron chi connectivity index (χ4n) is 2.34. The van der Waals surface area contributed by atoms with Crippen molar-refractivity contribution in [1.82, 2.24) is 4.98 Å². The summed E-state index contributed by atoms with van der Waals surface area (Å²) in [7, 11) is 0. The van der Waals surface area contributed by atoms with Gasteiger partial charge in [-0.25, -0.2) is 4.39 Å². The second-order valence-electron chi connectivity index (χ2n) is 4.77. The molecule has 0 aliphatic carbocycles. The van der Waals surface area contributed by atoms with Crippen LogP contribution in [-0.4, -0.2) is 10.8 Å². The average molecular weight is 278 g/mol. The summed E-state index contributed by atoms with van der Waals surface area (Å²) in [5.74, 6) is -0.534. The summed E-state index contributed by atoms with van der Waals surface area (Å²) in [5.41, 5.74) is 2.15. The van der Waals surface area contributed by atoms with Crippen molar-refractivity contribution in [2.75, 3.05) is 0 Å². The molecule has 0 atom stereocenters. The number of hydrogen-bond acceptors (Lipinski definition) is 2. The van der Waals surface area contributed by atoms with Gasteiger partial charge in [-0.1, -0.05) is 24.3 Å². The molecule has 0 saturated carbocycles. The standard InChI is InChI=1S/C17H11FN2O/c18-15-4-2-1-3-12(15)8-17(21)14-10-20-16-7-11(9-19)5-6-13(14)16/h1-7,10,20H,8H2. The summed E-state index contributed by atoms with van der Waals surface area (Å²) in [6.45, 7) is 0. The van der Waals surface area contributed by atoms with E-state index >= 15 is 0 Å². The van der Waals surface area contributed by atoms with Crippen molar-refractivity contribution in [3.8, 4) is 6.07 Å². The molecule has 3 aromatic rings. The van der Waals surface area contributed by atoms with E-state index in [2.05, 4.69) is 11.1 Å². The Morgan fingerprint density at radius 3 is 2.81 bits per heavy atom. The molecular formula is C17H11FN2O. The monoisotopic (exact) mass is 278 g/mol. The summed E-state index contributed by atoms with van der Waals surface area (Å²) in [6, 6.07) is 13.4. The molecule has 3 nitrogen and oxygen atoms in total. The Bertz CT molecular complexity index is 874. The van der Waals surface area contributed by atoms with Crippen LogP contribution in [0.5, 0.6) is 0 Å². The molecular weight excluding hydrogens is 267 g/mol. The Balaban J connectivity index is 1.96. The SMILES string of the molecule is N#Cc1ccc2c(C(=O)Cc3ccccc3F)c[nH]c2c1. The van der Waals surface area contributed by atoms with E-state index in [4.69, 9.17) is 5.26 Å². The number of nitrogens with zero attached hydrogens (tertiary/aromatic N) is 1. The number of aromatic nitrogens is 1. The topological polar surface area (TPSA) is 56.6 Å². The lowest BCUT2D eigenvalue weighted by atomic mass is 10.0. The number of nitriles is 1. The first-order valence-electron chi connectivity index (χ1n) is 6.47. The number of halogens is 1. The smallest absolute Gasteiger partial charge is 0.169 e.